The highest BCUT2D eigenvalue weighted by Crippen LogP contribution is 2.26. The van der Waals surface area contributed by atoms with Gasteiger partial charge in [-0.1, -0.05) is 17.7 Å². The van der Waals surface area contributed by atoms with Crippen molar-refractivity contribution in [3.8, 4) is 5.75 Å². The van der Waals surface area contributed by atoms with Crippen LogP contribution in [-0.2, 0) is 9.53 Å². The molecule has 21 heavy (non-hydrogen) atoms. The van der Waals surface area contributed by atoms with E-state index in [2.05, 4.69) is 10.6 Å². The van der Waals surface area contributed by atoms with Crippen molar-refractivity contribution in [3.05, 3.63) is 29.3 Å². The van der Waals surface area contributed by atoms with Crippen LogP contribution in [0.5, 0.6) is 5.75 Å². The summed E-state index contributed by atoms with van der Waals surface area (Å²) in [6.07, 6.45) is -0.415. The van der Waals surface area contributed by atoms with E-state index in [1.807, 2.05) is 32.0 Å². The predicted octanol–water partition coefficient (Wildman–Crippen LogP) is 1.59. The van der Waals surface area contributed by atoms with Gasteiger partial charge in [0.15, 0.2) is 0 Å². The van der Waals surface area contributed by atoms with Crippen LogP contribution in [0.3, 0.4) is 0 Å². The van der Waals surface area contributed by atoms with Gasteiger partial charge in [0.2, 0.25) is 0 Å². The average Bonchev–Trinajstić information content (AvgIpc) is 2.48. The number of ether oxygens (including phenoxy) is 2. The van der Waals surface area contributed by atoms with Gasteiger partial charge in [0.05, 0.1) is 19.8 Å². The zero-order chi connectivity index (χ0) is 14.5. The molecule has 1 amide bonds. The highest BCUT2D eigenvalue weighted by atomic mass is 35.5. The average molecular weight is 315 g/mol. The van der Waals surface area contributed by atoms with Crippen LogP contribution in [0, 0.1) is 6.92 Å². The van der Waals surface area contributed by atoms with Gasteiger partial charge < -0.3 is 20.1 Å². The van der Waals surface area contributed by atoms with Crippen LogP contribution >= 0.6 is 12.4 Å². The number of carbonyl (C=O) groups excluding carboxylic acids is 1. The SMILES string of the molecule is COc1ccc(C)cc1C(C)NC(=O)C1CNCCO1.Cl. The second kappa shape index (κ2) is 8.22. The minimum atomic E-state index is -0.415. The lowest BCUT2D eigenvalue weighted by molar-refractivity contribution is -0.134. The topological polar surface area (TPSA) is 59.6 Å². The molecule has 0 saturated carbocycles. The third-order valence-corrected chi connectivity index (χ3v) is 3.43. The molecule has 1 saturated heterocycles. The Hall–Kier alpha value is -1.30. The van der Waals surface area contributed by atoms with Crippen molar-refractivity contribution in [3.63, 3.8) is 0 Å². The molecule has 1 heterocycles. The van der Waals surface area contributed by atoms with Crippen LogP contribution in [0.2, 0.25) is 0 Å². The van der Waals surface area contributed by atoms with Crippen LogP contribution in [0.1, 0.15) is 24.1 Å². The summed E-state index contributed by atoms with van der Waals surface area (Å²) in [4.78, 5) is 12.1. The van der Waals surface area contributed by atoms with Crippen molar-refractivity contribution in [1.29, 1.82) is 0 Å². The fourth-order valence-electron chi connectivity index (χ4n) is 2.31. The lowest BCUT2D eigenvalue weighted by Crippen LogP contribution is -2.48. The molecule has 1 aromatic carbocycles. The molecular formula is C15H23ClN2O3. The maximum atomic E-state index is 12.1. The summed E-state index contributed by atoms with van der Waals surface area (Å²) >= 11 is 0. The van der Waals surface area contributed by atoms with Crippen molar-refractivity contribution in [1.82, 2.24) is 10.6 Å². The van der Waals surface area contributed by atoms with E-state index in [0.29, 0.717) is 13.2 Å². The molecule has 1 aliphatic heterocycles. The van der Waals surface area contributed by atoms with Gasteiger partial charge in [0.25, 0.3) is 5.91 Å². The molecule has 1 aliphatic rings. The van der Waals surface area contributed by atoms with Gasteiger partial charge in [-0.05, 0) is 19.9 Å². The summed E-state index contributed by atoms with van der Waals surface area (Å²) < 4.78 is 10.8. The third kappa shape index (κ3) is 4.59. The fourth-order valence-corrected chi connectivity index (χ4v) is 2.31. The molecule has 0 aliphatic carbocycles. The Kier molecular flexibility index (Phi) is 6.95. The lowest BCUT2D eigenvalue weighted by atomic mass is 10.0. The number of rotatable bonds is 4. The fraction of sp³-hybridized carbons (Fsp3) is 0.533. The summed E-state index contributed by atoms with van der Waals surface area (Å²) in [7, 11) is 1.64. The summed E-state index contributed by atoms with van der Waals surface area (Å²) in [5.74, 6) is 0.694. The van der Waals surface area contributed by atoms with E-state index in [-0.39, 0.29) is 24.4 Å². The van der Waals surface area contributed by atoms with Gasteiger partial charge in [-0.15, -0.1) is 12.4 Å². The molecule has 1 aromatic rings. The Morgan fingerprint density at radius 2 is 2.29 bits per heavy atom. The minimum absolute atomic E-state index is 0. The molecular weight excluding hydrogens is 292 g/mol. The molecule has 5 nitrogen and oxygen atoms in total. The smallest absolute Gasteiger partial charge is 0.250 e. The number of morpholine rings is 1. The van der Waals surface area contributed by atoms with Crippen LogP contribution in [0.25, 0.3) is 0 Å². The zero-order valence-corrected chi connectivity index (χ0v) is 13.5. The van der Waals surface area contributed by atoms with E-state index in [1.165, 1.54) is 0 Å². The van der Waals surface area contributed by atoms with Gasteiger partial charge in [-0.25, -0.2) is 0 Å². The van der Waals surface area contributed by atoms with Crippen molar-refractivity contribution < 1.29 is 14.3 Å². The maximum absolute atomic E-state index is 12.1. The Labute approximate surface area is 131 Å². The van der Waals surface area contributed by atoms with Crippen LogP contribution in [0.15, 0.2) is 18.2 Å². The second-order valence-corrected chi connectivity index (χ2v) is 5.04. The Bertz CT molecular complexity index is 476. The molecule has 0 aromatic heterocycles. The van der Waals surface area contributed by atoms with Crippen molar-refractivity contribution in [2.24, 2.45) is 0 Å². The van der Waals surface area contributed by atoms with E-state index in [0.717, 1.165) is 23.4 Å². The Morgan fingerprint density at radius 1 is 1.52 bits per heavy atom. The molecule has 2 rings (SSSR count). The first-order chi connectivity index (χ1) is 9.61. The van der Waals surface area contributed by atoms with E-state index >= 15 is 0 Å². The molecule has 2 atom stereocenters. The zero-order valence-electron chi connectivity index (χ0n) is 12.6. The second-order valence-electron chi connectivity index (χ2n) is 5.04. The summed E-state index contributed by atoms with van der Waals surface area (Å²) in [6, 6.07) is 5.82. The van der Waals surface area contributed by atoms with E-state index in [1.54, 1.807) is 7.11 Å². The Balaban J connectivity index is 0.00000220. The van der Waals surface area contributed by atoms with Crippen molar-refractivity contribution in [2.45, 2.75) is 26.0 Å². The number of carbonyl (C=O) groups is 1. The molecule has 0 radical (unpaired) electrons. The number of amides is 1. The maximum Gasteiger partial charge on any atom is 0.250 e. The minimum Gasteiger partial charge on any atom is -0.496 e. The lowest BCUT2D eigenvalue weighted by Gasteiger charge is -2.25. The van der Waals surface area contributed by atoms with Crippen LogP contribution in [-0.4, -0.2) is 38.8 Å². The summed E-state index contributed by atoms with van der Waals surface area (Å²) in [5, 5.41) is 6.13. The first-order valence-electron chi connectivity index (χ1n) is 6.89. The molecule has 118 valence electrons. The number of aryl methyl sites for hydroxylation is 1. The summed E-state index contributed by atoms with van der Waals surface area (Å²) in [6.45, 7) is 5.89. The molecule has 2 N–H and O–H groups in total. The van der Waals surface area contributed by atoms with Crippen molar-refractivity contribution >= 4 is 18.3 Å². The third-order valence-electron chi connectivity index (χ3n) is 3.43. The van der Waals surface area contributed by atoms with Gasteiger partial charge >= 0.3 is 0 Å². The highest BCUT2D eigenvalue weighted by Gasteiger charge is 2.24. The number of hydrogen-bond donors (Lipinski definition) is 2. The Morgan fingerprint density at radius 3 is 2.90 bits per heavy atom. The largest absolute Gasteiger partial charge is 0.496 e. The first-order valence-corrected chi connectivity index (χ1v) is 6.89. The summed E-state index contributed by atoms with van der Waals surface area (Å²) in [5.41, 5.74) is 2.11. The van der Waals surface area contributed by atoms with Gasteiger partial charge in [0.1, 0.15) is 11.9 Å². The quantitative estimate of drug-likeness (QED) is 0.886. The van der Waals surface area contributed by atoms with Gasteiger partial charge in [0, 0.05) is 18.7 Å². The predicted molar refractivity (Wildman–Crippen MR) is 84.1 cm³/mol. The van der Waals surface area contributed by atoms with Crippen LogP contribution in [0.4, 0.5) is 0 Å². The molecule has 0 bridgehead atoms. The van der Waals surface area contributed by atoms with E-state index in [9.17, 15) is 4.79 Å². The monoisotopic (exact) mass is 314 g/mol. The first kappa shape index (κ1) is 17.8. The highest BCUT2D eigenvalue weighted by molar-refractivity contribution is 5.85. The molecule has 0 spiro atoms. The standard InChI is InChI=1S/C15H22N2O3.ClH/c1-10-4-5-13(19-3)12(8-10)11(2)17-15(18)14-9-16-6-7-20-14;/h4-5,8,11,14,16H,6-7,9H2,1-3H3,(H,17,18);1H. The molecule has 1 fully saturated rings. The number of nitrogens with one attached hydrogen (secondary N) is 2. The number of methoxy groups -OCH3 is 1. The van der Waals surface area contributed by atoms with Crippen molar-refractivity contribution in [2.75, 3.05) is 26.8 Å². The van der Waals surface area contributed by atoms with E-state index < -0.39 is 6.10 Å². The molecule has 2 unspecified atom stereocenters. The van der Waals surface area contributed by atoms with Crippen LogP contribution < -0.4 is 15.4 Å². The van der Waals surface area contributed by atoms with E-state index in [4.69, 9.17) is 9.47 Å². The number of halogens is 1. The number of benzene rings is 1. The van der Waals surface area contributed by atoms with Gasteiger partial charge in [-0.2, -0.15) is 0 Å². The normalized spacial score (nSPS) is 19.3. The number of hydrogen-bond acceptors (Lipinski definition) is 4. The molecule has 6 heteroatoms. The van der Waals surface area contributed by atoms with Gasteiger partial charge in [-0.3, -0.25) is 4.79 Å².